The lowest BCUT2D eigenvalue weighted by Crippen LogP contribution is -2.55. The summed E-state index contributed by atoms with van der Waals surface area (Å²) in [6.07, 6.45) is 4.27. The minimum Gasteiger partial charge on any atom is -0.481 e. The number of carbonyl (C=O) groups excluding carboxylic acids is 2. The highest BCUT2D eigenvalue weighted by atomic mass is 16.4. The second kappa shape index (κ2) is 7.70. The normalized spacial score (nSPS) is 16.8. The Morgan fingerprint density at radius 1 is 1.14 bits per heavy atom. The van der Waals surface area contributed by atoms with Crippen molar-refractivity contribution in [2.75, 3.05) is 20.1 Å². The number of primary amides is 1. The van der Waals surface area contributed by atoms with E-state index < -0.39 is 17.5 Å². The maximum absolute atomic E-state index is 12.2. The van der Waals surface area contributed by atoms with Crippen molar-refractivity contribution in [2.24, 2.45) is 5.73 Å². The second-order valence-corrected chi connectivity index (χ2v) is 5.44. The fraction of sp³-hybridized carbons (Fsp3) is 0.769. The van der Waals surface area contributed by atoms with E-state index in [1.165, 1.54) is 4.90 Å². The molecular formula is C13H24N4O4. The van der Waals surface area contributed by atoms with Gasteiger partial charge in [0.05, 0.1) is 12.0 Å². The Kier molecular flexibility index (Phi) is 6.26. The van der Waals surface area contributed by atoms with E-state index in [-0.39, 0.29) is 25.5 Å². The maximum atomic E-state index is 12.2. The number of hydrogen-bond donors (Lipinski definition) is 4. The molecule has 1 rings (SSSR count). The zero-order valence-corrected chi connectivity index (χ0v) is 12.4. The number of nitrogens with zero attached hydrogens (tertiary/aromatic N) is 1. The first kappa shape index (κ1) is 17.1. The molecule has 21 heavy (non-hydrogen) atoms. The highest BCUT2D eigenvalue weighted by Gasteiger charge is 2.40. The van der Waals surface area contributed by atoms with Crippen molar-refractivity contribution < 1.29 is 19.5 Å². The van der Waals surface area contributed by atoms with E-state index in [4.69, 9.17) is 10.8 Å². The summed E-state index contributed by atoms with van der Waals surface area (Å²) in [7, 11) is 1.63. The predicted molar refractivity (Wildman–Crippen MR) is 76.8 cm³/mol. The van der Waals surface area contributed by atoms with Gasteiger partial charge in [0.15, 0.2) is 0 Å². The maximum Gasteiger partial charge on any atom is 0.317 e. The molecule has 0 unspecified atom stereocenters. The van der Waals surface area contributed by atoms with Gasteiger partial charge in [-0.15, -0.1) is 0 Å². The van der Waals surface area contributed by atoms with Gasteiger partial charge < -0.3 is 26.4 Å². The molecular weight excluding hydrogens is 276 g/mol. The van der Waals surface area contributed by atoms with Crippen LogP contribution in [0.3, 0.4) is 0 Å². The molecule has 0 bridgehead atoms. The monoisotopic (exact) mass is 300 g/mol. The molecule has 0 heterocycles. The summed E-state index contributed by atoms with van der Waals surface area (Å²) in [4.78, 5) is 35.3. The van der Waals surface area contributed by atoms with Gasteiger partial charge in [-0.3, -0.25) is 4.79 Å². The number of carbonyl (C=O) groups is 3. The number of nitrogens with two attached hydrogens (primary N) is 1. The van der Waals surface area contributed by atoms with Gasteiger partial charge in [-0.25, -0.2) is 9.59 Å². The SMILES string of the molecule is CN(C(=O)NCCNC(N)=O)C1(CC(=O)O)CCCCC1. The number of aliphatic carboxylic acids is 1. The molecule has 4 amide bonds. The van der Waals surface area contributed by atoms with Crippen molar-refractivity contribution in [1.82, 2.24) is 15.5 Å². The zero-order valence-electron chi connectivity index (χ0n) is 12.4. The van der Waals surface area contributed by atoms with E-state index in [9.17, 15) is 14.4 Å². The third-order valence-corrected chi connectivity index (χ3v) is 3.98. The topological polar surface area (TPSA) is 125 Å². The van der Waals surface area contributed by atoms with Crippen LogP contribution >= 0.6 is 0 Å². The van der Waals surface area contributed by atoms with Crippen molar-refractivity contribution in [3.05, 3.63) is 0 Å². The molecule has 0 atom stereocenters. The fourth-order valence-electron chi connectivity index (χ4n) is 2.81. The van der Waals surface area contributed by atoms with E-state index in [0.717, 1.165) is 19.3 Å². The molecule has 0 aliphatic heterocycles. The number of urea groups is 2. The Hall–Kier alpha value is -1.99. The van der Waals surface area contributed by atoms with Gasteiger partial charge in [0.25, 0.3) is 0 Å². The Labute approximate surface area is 124 Å². The first-order valence-electron chi connectivity index (χ1n) is 7.14. The molecule has 0 aromatic heterocycles. The van der Waals surface area contributed by atoms with Crippen LogP contribution in [-0.2, 0) is 4.79 Å². The summed E-state index contributed by atoms with van der Waals surface area (Å²) in [6, 6.07) is -0.975. The molecule has 8 nitrogen and oxygen atoms in total. The molecule has 1 aliphatic carbocycles. The Morgan fingerprint density at radius 2 is 1.71 bits per heavy atom. The van der Waals surface area contributed by atoms with Crippen molar-refractivity contribution in [2.45, 2.75) is 44.1 Å². The van der Waals surface area contributed by atoms with Gasteiger partial charge in [0, 0.05) is 20.1 Å². The summed E-state index contributed by atoms with van der Waals surface area (Å²) in [6.45, 7) is 0.482. The Bertz CT molecular complexity index is 394. The predicted octanol–water partition coefficient (Wildman–Crippen LogP) is 0.474. The standard InChI is InChI=1S/C13H24N4O4/c1-17(12(21)16-8-7-15-11(14)20)13(9-10(18)19)5-3-2-4-6-13/h2-9H2,1H3,(H,16,21)(H,18,19)(H3,14,15,20). The van der Waals surface area contributed by atoms with Crippen molar-refractivity contribution in [3.63, 3.8) is 0 Å². The summed E-state index contributed by atoms with van der Waals surface area (Å²) >= 11 is 0. The van der Waals surface area contributed by atoms with Crippen LogP contribution in [0, 0.1) is 0 Å². The molecule has 1 fully saturated rings. The highest BCUT2D eigenvalue weighted by molar-refractivity contribution is 5.77. The molecule has 1 saturated carbocycles. The number of carboxylic acids is 1. The molecule has 5 N–H and O–H groups in total. The lowest BCUT2D eigenvalue weighted by atomic mass is 9.78. The molecule has 0 aromatic carbocycles. The number of amides is 4. The molecule has 0 saturated heterocycles. The van der Waals surface area contributed by atoms with E-state index in [0.29, 0.717) is 12.8 Å². The van der Waals surface area contributed by atoms with Crippen LogP contribution in [0.4, 0.5) is 9.59 Å². The quantitative estimate of drug-likeness (QED) is 0.532. The van der Waals surface area contributed by atoms with Crippen molar-refractivity contribution in [3.8, 4) is 0 Å². The summed E-state index contributed by atoms with van der Waals surface area (Å²) < 4.78 is 0. The van der Waals surface area contributed by atoms with E-state index in [1.807, 2.05) is 0 Å². The largest absolute Gasteiger partial charge is 0.481 e. The average Bonchev–Trinajstić information content (AvgIpc) is 2.42. The molecule has 0 aromatic rings. The number of nitrogens with one attached hydrogen (secondary N) is 2. The van der Waals surface area contributed by atoms with Gasteiger partial charge in [-0.2, -0.15) is 0 Å². The van der Waals surface area contributed by atoms with E-state index in [1.54, 1.807) is 7.05 Å². The smallest absolute Gasteiger partial charge is 0.317 e. The van der Waals surface area contributed by atoms with Crippen molar-refractivity contribution >= 4 is 18.0 Å². The molecule has 0 spiro atoms. The van der Waals surface area contributed by atoms with Crippen LogP contribution in [0.2, 0.25) is 0 Å². The van der Waals surface area contributed by atoms with Crippen LogP contribution in [0.15, 0.2) is 0 Å². The average molecular weight is 300 g/mol. The van der Waals surface area contributed by atoms with E-state index >= 15 is 0 Å². The number of rotatable bonds is 6. The van der Waals surface area contributed by atoms with Crippen LogP contribution in [0.25, 0.3) is 0 Å². The molecule has 8 heteroatoms. The minimum atomic E-state index is -0.896. The highest BCUT2D eigenvalue weighted by Crippen LogP contribution is 2.35. The van der Waals surface area contributed by atoms with Crippen LogP contribution in [0.1, 0.15) is 38.5 Å². The summed E-state index contributed by atoms with van der Waals surface area (Å²) in [5.74, 6) is -0.896. The zero-order chi connectivity index (χ0) is 15.9. The molecule has 120 valence electrons. The van der Waals surface area contributed by atoms with Crippen LogP contribution < -0.4 is 16.4 Å². The lowest BCUT2D eigenvalue weighted by Gasteiger charge is -2.43. The Balaban J connectivity index is 2.58. The summed E-state index contributed by atoms with van der Waals surface area (Å²) in [5.41, 5.74) is 4.30. The first-order chi connectivity index (χ1) is 9.87. The molecule has 0 radical (unpaired) electrons. The van der Waals surface area contributed by atoms with Gasteiger partial charge in [0.1, 0.15) is 0 Å². The summed E-state index contributed by atoms with van der Waals surface area (Å²) in [5, 5.41) is 14.1. The van der Waals surface area contributed by atoms with Gasteiger partial charge >= 0.3 is 18.0 Å². The third-order valence-electron chi connectivity index (χ3n) is 3.98. The van der Waals surface area contributed by atoms with Crippen molar-refractivity contribution in [1.29, 1.82) is 0 Å². The second-order valence-electron chi connectivity index (χ2n) is 5.44. The first-order valence-corrected chi connectivity index (χ1v) is 7.14. The van der Waals surface area contributed by atoms with Gasteiger partial charge in [0.2, 0.25) is 0 Å². The minimum absolute atomic E-state index is 0.0452. The Morgan fingerprint density at radius 3 is 2.24 bits per heavy atom. The van der Waals surface area contributed by atoms with Gasteiger partial charge in [-0.05, 0) is 12.8 Å². The van der Waals surface area contributed by atoms with Gasteiger partial charge in [-0.1, -0.05) is 19.3 Å². The molecule has 1 aliphatic rings. The van der Waals surface area contributed by atoms with Crippen LogP contribution in [0.5, 0.6) is 0 Å². The number of carboxylic acid groups (broad SMARTS) is 1. The third kappa shape index (κ3) is 5.13. The number of hydrogen-bond acceptors (Lipinski definition) is 3. The van der Waals surface area contributed by atoms with Crippen LogP contribution in [-0.4, -0.2) is 53.7 Å². The lowest BCUT2D eigenvalue weighted by molar-refractivity contribution is -0.140. The van der Waals surface area contributed by atoms with E-state index in [2.05, 4.69) is 10.6 Å². The fourth-order valence-corrected chi connectivity index (χ4v) is 2.81.